The number of nitrogens with one attached hydrogen (secondary N) is 1. The fraction of sp³-hybridized carbons (Fsp3) is 0.143. The molecule has 2 heterocycles. The molecule has 1 amide bonds. The number of amides is 1. The summed E-state index contributed by atoms with van der Waals surface area (Å²) >= 11 is 0. The van der Waals surface area contributed by atoms with Crippen LogP contribution in [-0.2, 0) is 9.53 Å². The van der Waals surface area contributed by atoms with Crippen molar-refractivity contribution in [2.24, 2.45) is 0 Å². The Bertz CT molecular complexity index is 1020. The molecule has 2 aromatic carbocycles. The van der Waals surface area contributed by atoms with Gasteiger partial charge < -0.3 is 20.2 Å². The number of nitrogens with two attached hydrogens (primary N) is 1. The van der Waals surface area contributed by atoms with E-state index in [4.69, 9.17) is 14.9 Å². The number of nitrogen functional groups attached to an aromatic ring is 1. The van der Waals surface area contributed by atoms with E-state index in [0.717, 1.165) is 11.1 Å². The Labute approximate surface area is 155 Å². The zero-order chi connectivity index (χ0) is 19.0. The molecule has 1 aliphatic rings. The Morgan fingerprint density at radius 3 is 2.59 bits per heavy atom. The van der Waals surface area contributed by atoms with Crippen molar-refractivity contribution >= 4 is 23.4 Å². The maximum Gasteiger partial charge on any atom is 0.344 e. The summed E-state index contributed by atoms with van der Waals surface area (Å²) in [5, 5.41) is 2.86. The highest BCUT2D eigenvalue weighted by atomic mass is 16.5. The van der Waals surface area contributed by atoms with E-state index in [1.165, 1.54) is 0 Å². The number of carbonyl (C=O) groups excluding carboxylic acids is 2. The van der Waals surface area contributed by atoms with Gasteiger partial charge in [-0.3, -0.25) is 4.79 Å². The van der Waals surface area contributed by atoms with Crippen LogP contribution in [0.25, 0.3) is 11.3 Å². The molecule has 27 heavy (non-hydrogen) atoms. The van der Waals surface area contributed by atoms with Gasteiger partial charge in [0.15, 0.2) is 0 Å². The molecule has 3 N–H and O–H groups in total. The zero-order valence-electron chi connectivity index (χ0n) is 14.7. The number of rotatable bonds is 4. The van der Waals surface area contributed by atoms with Crippen molar-refractivity contribution in [2.75, 3.05) is 17.7 Å². The molecule has 3 aromatic rings. The minimum absolute atomic E-state index is 0.0560. The third kappa shape index (κ3) is 2.75. The summed E-state index contributed by atoms with van der Waals surface area (Å²) in [5.74, 6) is -1.21. The Morgan fingerprint density at radius 1 is 1.15 bits per heavy atom. The van der Waals surface area contributed by atoms with Crippen molar-refractivity contribution in [3.05, 3.63) is 71.3 Å². The topological polar surface area (TPSA) is 94.6 Å². The zero-order valence-corrected chi connectivity index (χ0v) is 14.7. The molecule has 4 rings (SSSR count). The number of ether oxygens (including phenoxy) is 1. The summed E-state index contributed by atoms with van der Waals surface area (Å²) in [4.78, 5) is 25.4. The molecule has 0 radical (unpaired) electrons. The predicted molar refractivity (Wildman–Crippen MR) is 101 cm³/mol. The molecule has 0 saturated carbocycles. The molecular formula is C21H18N2O4. The van der Waals surface area contributed by atoms with Gasteiger partial charge in [-0.2, -0.15) is 0 Å². The number of fused-ring (bicyclic) bond motifs is 1. The van der Waals surface area contributed by atoms with Gasteiger partial charge in [-0.15, -0.1) is 0 Å². The predicted octanol–water partition coefficient (Wildman–Crippen LogP) is 3.79. The third-order valence-corrected chi connectivity index (χ3v) is 4.57. The molecule has 6 heteroatoms. The first-order chi connectivity index (χ1) is 13.1. The van der Waals surface area contributed by atoms with Crippen molar-refractivity contribution in [1.82, 2.24) is 0 Å². The average molecular weight is 362 g/mol. The van der Waals surface area contributed by atoms with Gasteiger partial charge in [0, 0.05) is 16.8 Å². The maximum atomic E-state index is 12.8. The highest BCUT2D eigenvalue weighted by Gasteiger charge is 2.40. The molecule has 0 aliphatic carbocycles. The average Bonchev–Trinajstić information content (AvgIpc) is 3.18. The second-order valence-corrected chi connectivity index (χ2v) is 6.18. The van der Waals surface area contributed by atoms with Crippen LogP contribution in [-0.4, -0.2) is 18.5 Å². The fourth-order valence-electron chi connectivity index (χ4n) is 3.45. The van der Waals surface area contributed by atoms with E-state index in [2.05, 4.69) is 5.32 Å². The molecule has 136 valence electrons. The van der Waals surface area contributed by atoms with Crippen LogP contribution in [0.1, 0.15) is 34.3 Å². The van der Waals surface area contributed by atoms with E-state index in [-0.39, 0.29) is 24.0 Å². The normalized spacial score (nSPS) is 15.3. The van der Waals surface area contributed by atoms with Gasteiger partial charge in [0.2, 0.25) is 11.8 Å². The number of hydrogen-bond acceptors (Lipinski definition) is 5. The first-order valence-corrected chi connectivity index (χ1v) is 8.66. The minimum Gasteiger partial charge on any atom is -0.462 e. The summed E-state index contributed by atoms with van der Waals surface area (Å²) in [6, 6.07) is 16.6. The van der Waals surface area contributed by atoms with E-state index in [1.54, 1.807) is 6.92 Å². The number of para-hydroxylation sites is 1. The monoisotopic (exact) mass is 362 g/mol. The summed E-state index contributed by atoms with van der Waals surface area (Å²) in [6.07, 6.45) is 0. The number of esters is 1. The number of carbonyl (C=O) groups is 2. The van der Waals surface area contributed by atoms with Crippen LogP contribution in [0.5, 0.6) is 0 Å². The Kier molecular flexibility index (Phi) is 4.16. The highest BCUT2D eigenvalue weighted by Crippen LogP contribution is 2.45. The van der Waals surface area contributed by atoms with Crippen molar-refractivity contribution in [3.63, 3.8) is 0 Å². The molecule has 1 aliphatic heterocycles. The Balaban J connectivity index is 1.98. The van der Waals surface area contributed by atoms with Crippen LogP contribution >= 0.6 is 0 Å². The summed E-state index contributed by atoms with van der Waals surface area (Å²) < 4.78 is 10.9. The van der Waals surface area contributed by atoms with E-state index in [1.807, 2.05) is 54.6 Å². The van der Waals surface area contributed by atoms with Gasteiger partial charge in [-0.1, -0.05) is 48.5 Å². The van der Waals surface area contributed by atoms with Gasteiger partial charge in [-0.25, -0.2) is 4.79 Å². The van der Waals surface area contributed by atoms with E-state index in [9.17, 15) is 9.59 Å². The first kappa shape index (κ1) is 16.9. The molecule has 0 bridgehead atoms. The maximum absolute atomic E-state index is 12.8. The number of hydrogen-bond donors (Lipinski definition) is 2. The standard InChI is InChI=1S/C21H18N2O4/c1-2-26-21(25)17-16(15-13-10-6-7-11-14(13)23-20(15)24)18(27-19(17)22)12-8-4-3-5-9-12/h3-11,15H,2,22H2,1H3,(H,23,24). The van der Waals surface area contributed by atoms with Gasteiger partial charge in [-0.05, 0) is 18.6 Å². The number of furan rings is 1. The van der Waals surface area contributed by atoms with Crippen molar-refractivity contribution in [1.29, 1.82) is 0 Å². The van der Waals surface area contributed by atoms with E-state index < -0.39 is 11.9 Å². The van der Waals surface area contributed by atoms with Crippen molar-refractivity contribution < 1.29 is 18.7 Å². The molecule has 1 aromatic heterocycles. The Morgan fingerprint density at radius 2 is 1.85 bits per heavy atom. The van der Waals surface area contributed by atoms with Gasteiger partial charge >= 0.3 is 5.97 Å². The lowest BCUT2D eigenvalue weighted by atomic mass is 9.88. The molecule has 6 nitrogen and oxygen atoms in total. The smallest absolute Gasteiger partial charge is 0.344 e. The van der Waals surface area contributed by atoms with Crippen LogP contribution in [0, 0.1) is 0 Å². The fourth-order valence-corrected chi connectivity index (χ4v) is 3.45. The number of anilines is 2. The molecule has 0 spiro atoms. The minimum atomic E-state index is -0.711. The van der Waals surface area contributed by atoms with Gasteiger partial charge in [0.1, 0.15) is 11.3 Å². The first-order valence-electron chi connectivity index (χ1n) is 8.66. The van der Waals surface area contributed by atoms with Crippen molar-refractivity contribution in [2.45, 2.75) is 12.8 Å². The van der Waals surface area contributed by atoms with Gasteiger partial charge in [0.25, 0.3) is 0 Å². The summed E-state index contributed by atoms with van der Waals surface area (Å²) in [5.41, 5.74) is 8.79. The lowest BCUT2D eigenvalue weighted by Gasteiger charge is -2.12. The van der Waals surface area contributed by atoms with Crippen LogP contribution in [0.4, 0.5) is 11.6 Å². The van der Waals surface area contributed by atoms with E-state index >= 15 is 0 Å². The SMILES string of the molecule is CCOC(=O)c1c(N)oc(-c2ccccc2)c1C1C(=O)Nc2ccccc21. The second kappa shape index (κ2) is 6.64. The molecule has 1 atom stereocenters. The number of benzene rings is 2. The van der Waals surface area contributed by atoms with Crippen LogP contribution < -0.4 is 11.1 Å². The third-order valence-electron chi connectivity index (χ3n) is 4.57. The van der Waals surface area contributed by atoms with Crippen LogP contribution in [0.2, 0.25) is 0 Å². The van der Waals surface area contributed by atoms with E-state index in [0.29, 0.717) is 17.0 Å². The lowest BCUT2D eigenvalue weighted by molar-refractivity contribution is -0.116. The molecule has 0 saturated heterocycles. The molecule has 0 fully saturated rings. The van der Waals surface area contributed by atoms with Crippen LogP contribution in [0.3, 0.4) is 0 Å². The quantitative estimate of drug-likeness (QED) is 0.689. The van der Waals surface area contributed by atoms with Gasteiger partial charge in [0.05, 0.1) is 12.5 Å². The second-order valence-electron chi connectivity index (χ2n) is 6.18. The largest absolute Gasteiger partial charge is 0.462 e. The van der Waals surface area contributed by atoms with Crippen LogP contribution in [0.15, 0.2) is 59.0 Å². The molecule has 1 unspecified atom stereocenters. The Hall–Kier alpha value is -3.54. The summed E-state index contributed by atoms with van der Waals surface area (Å²) in [6.45, 7) is 1.90. The lowest BCUT2D eigenvalue weighted by Crippen LogP contribution is -2.17. The highest BCUT2D eigenvalue weighted by molar-refractivity contribution is 6.09. The molecular weight excluding hydrogens is 344 g/mol. The summed E-state index contributed by atoms with van der Waals surface area (Å²) in [7, 11) is 0. The van der Waals surface area contributed by atoms with Crippen molar-refractivity contribution in [3.8, 4) is 11.3 Å².